The van der Waals surface area contributed by atoms with Crippen LogP contribution < -0.4 is 15.0 Å². The Balaban J connectivity index is 1.40. The molecule has 0 unspecified atom stereocenters. The Labute approximate surface area is 190 Å². The van der Waals surface area contributed by atoms with Crippen LogP contribution in [0, 0.1) is 0 Å². The number of hydrogen-bond acceptors (Lipinski definition) is 9. The molecule has 0 fully saturated rings. The van der Waals surface area contributed by atoms with E-state index in [1.807, 2.05) is 0 Å². The lowest BCUT2D eigenvalue weighted by molar-refractivity contribution is 0.0694. The monoisotopic (exact) mass is 460 g/mol. The number of aromatic amines is 1. The number of H-pyrrole nitrogens is 1. The van der Waals surface area contributed by atoms with Gasteiger partial charge in [-0.1, -0.05) is 12.1 Å². The number of furan rings is 1. The van der Waals surface area contributed by atoms with E-state index in [0.29, 0.717) is 22.6 Å². The van der Waals surface area contributed by atoms with Gasteiger partial charge in [-0.25, -0.2) is 14.8 Å². The predicted octanol–water partition coefficient (Wildman–Crippen LogP) is 2.74. The first-order chi connectivity index (χ1) is 16.6. The van der Waals surface area contributed by atoms with Gasteiger partial charge in [-0.05, 0) is 24.3 Å². The summed E-state index contributed by atoms with van der Waals surface area (Å²) in [6.45, 7) is 0.223. The van der Waals surface area contributed by atoms with Crippen molar-refractivity contribution in [3.8, 4) is 29.1 Å². The lowest BCUT2D eigenvalue weighted by Crippen LogP contribution is -2.24. The van der Waals surface area contributed by atoms with Crippen LogP contribution in [0.15, 0.2) is 70.6 Å². The maximum absolute atomic E-state index is 12.5. The van der Waals surface area contributed by atoms with E-state index in [4.69, 9.17) is 13.9 Å². The van der Waals surface area contributed by atoms with Gasteiger partial charge in [0.25, 0.3) is 5.56 Å². The number of aromatic nitrogens is 6. The van der Waals surface area contributed by atoms with Crippen molar-refractivity contribution in [2.24, 2.45) is 0 Å². The Morgan fingerprint density at radius 3 is 2.85 bits per heavy atom. The smallest absolute Gasteiger partial charge is 0.339 e. The van der Waals surface area contributed by atoms with E-state index < -0.39 is 5.97 Å². The zero-order valence-electron chi connectivity index (χ0n) is 17.4. The fourth-order valence-electron chi connectivity index (χ4n) is 3.17. The minimum Gasteiger partial charge on any atom is -0.478 e. The lowest BCUT2D eigenvalue weighted by Gasteiger charge is -2.11. The number of benzene rings is 1. The van der Waals surface area contributed by atoms with Crippen molar-refractivity contribution in [1.82, 2.24) is 29.5 Å². The number of imidazole rings is 1. The zero-order valence-corrected chi connectivity index (χ0v) is 17.4. The third-order valence-corrected chi connectivity index (χ3v) is 4.76. The van der Waals surface area contributed by atoms with Gasteiger partial charge < -0.3 is 24.0 Å². The second-order valence-corrected chi connectivity index (χ2v) is 6.95. The highest BCUT2D eigenvalue weighted by molar-refractivity contribution is 5.90. The maximum atomic E-state index is 12.5. The molecule has 1 aromatic carbocycles. The van der Waals surface area contributed by atoms with Gasteiger partial charge >= 0.3 is 12.0 Å². The van der Waals surface area contributed by atoms with E-state index in [0.717, 1.165) is 0 Å². The Bertz CT molecular complexity index is 1520. The fraction of sp³-hybridized carbons (Fsp3) is 0.0909. The molecule has 4 aromatic heterocycles. The number of aromatic carboxylic acids is 1. The Hall–Kier alpha value is -5.00. The third kappa shape index (κ3) is 4.19. The van der Waals surface area contributed by atoms with Crippen LogP contribution >= 0.6 is 0 Å². The number of ether oxygens (including phenoxy) is 2. The molecular weight excluding hydrogens is 444 g/mol. The second kappa shape index (κ2) is 8.86. The molecule has 0 bridgehead atoms. The van der Waals surface area contributed by atoms with Gasteiger partial charge in [0, 0.05) is 6.07 Å². The zero-order chi connectivity index (χ0) is 23.5. The molecular formula is C22H16N6O6. The summed E-state index contributed by atoms with van der Waals surface area (Å²) < 4.78 is 18.2. The molecule has 0 amide bonds. The van der Waals surface area contributed by atoms with Crippen LogP contribution in [0.25, 0.3) is 22.6 Å². The molecule has 0 atom stereocenters. The SMILES string of the molecule is O=C(O)c1ccccc1Oc1cc(-c2ccco2)nc(OCCn2cnc3nc[nH]c3c2=O)n1. The molecule has 0 aliphatic carbocycles. The number of hydrogen-bond donors (Lipinski definition) is 2. The van der Waals surface area contributed by atoms with Crippen molar-refractivity contribution < 1.29 is 23.8 Å². The Kier molecular flexibility index (Phi) is 5.44. The van der Waals surface area contributed by atoms with Gasteiger partial charge in [0.2, 0.25) is 5.88 Å². The first kappa shape index (κ1) is 20.9. The van der Waals surface area contributed by atoms with E-state index >= 15 is 0 Å². The molecule has 5 rings (SSSR count). The summed E-state index contributed by atoms with van der Waals surface area (Å²) in [4.78, 5) is 43.4. The average Bonchev–Trinajstić information content (AvgIpc) is 3.53. The molecule has 12 nitrogen and oxygen atoms in total. The summed E-state index contributed by atoms with van der Waals surface area (Å²) in [6, 6.07) is 11.0. The Morgan fingerprint density at radius 2 is 2.03 bits per heavy atom. The number of carbonyl (C=O) groups is 1. The third-order valence-electron chi connectivity index (χ3n) is 4.76. The van der Waals surface area contributed by atoms with Gasteiger partial charge in [0.15, 0.2) is 16.9 Å². The second-order valence-electron chi connectivity index (χ2n) is 6.95. The molecule has 0 radical (unpaired) electrons. The van der Waals surface area contributed by atoms with Gasteiger partial charge in [0.1, 0.15) is 29.9 Å². The number of carboxylic acids is 1. The maximum Gasteiger partial charge on any atom is 0.339 e. The number of nitrogens with zero attached hydrogens (tertiary/aromatic N) is 5. The summed E-state index contributed by atoms with van der Waals surface area (Å²) in [5.41, 5.74) is 0.691. The van der Waals surface area contributed by atoms with Gasteiger partial charge in [-0.2, -0.15) is 9.97 Å². The van der Waals surface area contributed by atoms with Crippen LogP contribution in [-0.2, 0) is 6.54 Å². The van der Waals surface area contributed by atoms with E-state index in [1.54, 1.807) is 24.3 Å². The van der Waals surface area contributed by atoms with Crippen LogP contribution in [0.3, 0.4) is 0 Å². The summed E-state index contributed by atoms with van der Waals surface area (Å²) in [5, 5.41) is 9.41. The molecule has 4 heterocycles. The number of fused-ring (bicyclic) bond motifs is 1. The minimum atomic E-state index is -1.14. The van der Waals surface area contributed by atoms with Crippen molar-refractivity contribution in [3.63, 3.8) is 0 Å². The molecule has 0 spiro atoms. The first-order valence-electron chi connectivity index (χ1n) is 10.0. The van der Waals surface area contributed by atoms with Crippen molar-refractivity contribution in [2.45, 2.75) is 6.54 Å². The molecule has 170 valence electrons. The van der Waals surface area contributed by atoms with Crippen LogP contribution in [0.5, 0.6) is 17.6 Å². The van der Waals surface area contributed by atoms with E-state index in [2.05, 4.69) is 24.9 Å². The summed E-state index contributed by atoms with van der Waals surface area (Å²) in [5.74, 6) is -0.534. The van der Waals surface area contributed by atoms with Gasteiger partial charge in [0.05, 0.1) is 19.1 Å². The normalized spacial score (nSPS) is 10.9. The summed E-state index contributed by atoms with van der Waals surface area (Å²) >= 11 is 0. The molecule has 12 heteroatoms. The van der Waals surface area contributed by atoms with Crippen LogP contribution in [0.1, 0.15) is 10.4 Å². The van der Waals surface area contributed by atoms with Gasteiger partial charge in [-0.15, -0.1) is 0 Å². The quantitative estimate of drug-likeness (QED) is 0.352. The molecule has 0 aliphatic rings. The summed E-state index contributed by atoms with van der Waals surface area (Å²) in [7, 11) is 0. The summed E-state index contributed by atoms with van der Waals surface area (Å²) in [6.07, 6.45) is 4.27. The molecule has 0 saturated heterocycles. The van der Waals surface area contributed by atoms with Crippen LogP contribution in [-0.4, -0.2) is 47.2 Å². The van der Waals surface area contributed by atoms with Crippen molar-refractivity contribution in [3.05, 3.63) is 77.3 Å². The average molecular weight is 460 g/mol. The number of para-hydroxylation sites is 1. The van der Waals surface area contributed by atoms with Crippen molar-refractivity contribution in [1.29, 1.82) is 0 Å². The topological polar surface area (TPSA) is 158 Å². The van der Waals surface area contributed by atoms with Crippen LogP contribution in [0.2, 0.25) is 0 Å². The number of carboxylic acid groups (broad SMARTS) is 1. The van der Waals surface area contributed by atoms with E-state index in [-0.39, 0.29) is 41.9 Å². The van der Waals surface area contributed by atoms with Crippen LogP contribution in [0.4, 0.5) is 0 Å². The highest BCUT2D eigenvalue weighted by atomic mass is 16.5. The number of rotatable bonds is 8. The highest BCUT2D eigenvalue weighted by Gasteiger charge is 2.16. The fourth-order valence-corrected chi connectivity index (χ4v) is 3.17. The lowest BCUT2D eigenvalue weighted by atomic mass is 10.2. The predicted molar refractivity (Wildman–Crippen MR) is 117 cm³/mol. The Morgan fingerprint density at radius 1 is 1.15 bits per heavy atom. The van der Waals surface area contributed by atoms with Crippen molar-refractivity contribution >= 4 is 17.1 Å². The number of nitrogens with one attached hydrogen (secondary N) is 1. The highest BCUT2D eigenvalue weighted by Crippen LogP contribution is 2.29. The van der Waals surface area contributed by atoms with Crippen molar-refractivity contribution in [2.75, 3.05) is 6.61 Å². The molecule has 0 saturated carbocycles. The van der Waals surface area contributed by atoms with E-state index in [9.17, 15) is 14.7 Å². The largest absolute Gasteiger partial charge is 0.478 e. The molecule has 5 aromatic rings. The molecule has 0 aliphatic heterocycles. The molecule has 2 N–H and O–H groups in total. The van der Waals surface area contributed by atoms with Gasteiger partial charge in [-0.3, -0.25) is 9.36 Å². The first-order valence-corrected chi connectivity index (χ1v) is 10.0. The molecule has 34 heavy (non-hydrogen) atoms. The minimum absolute atomic E-state index is 0.0239. The standard InChI is InChI=1S/C22H16N6O6/c29-20-18-19(24-11-23-18)25-12-28(20)7-9-33-22-26-14(16-6-3-8-32-16)10-17(27-22)34-15-5-2-1-4-13(15)21(30)31/h1-6,8,10-12H,7,9H2,(H,23,24)(H,30,31). The van der Waals surface area contributed by atoms with E-state index in [1.165, 1.54) is 41.7 Å².